The van der Waals surface area contributed by atoms with Crippen molar-refractivity contribution in [3.8, 4) is 10.6 Å². The molecule has 0 aliphatic rings. The average Bonchev–Trinajstić information content (AvgIpc) is 3.14. The minimum Gasteiger partial charge on any atom is -0.467 e. The second-order valence-corrected chi connectivity index (χ2v) is 7.55. The molecule has 0 radical (unpaired) electrons. The highest BCUT2D eigenvalue weighted by molar-refractivity contribution is 7.13. The molecule has 2 amide bonds. The average molecular weight is 423 g/mol. The molecule has 0 saturated heterocycles. The molecule has 0 aliphatic carbocycles. The maximum atomic E-state index is 12.2. The van der Waals surface area contributed by atoms with E-state index in [4.69, 9.17) is 9.84 Å². The summed E-state index contributed by atoms with van der Waals surface area (Å²) in [7, 11) is 1.15. The zero-order valence-electron chi connectivity index (χ0n) is 16.3. The van der Waals surface area contributed by atoms with Gasteiger partial charge >= 0.3 is 12.1 Å². The number of nitrogens with zero attached hydrogens (tertiary/aromatic N) is 3. The van der Waals surface area contributed by atoms with Gasteiger partial charge in [-0.15, -0.1) is 11.3 Å². The third-order valence-electron chi connectivity index (χ3n) is 3.22. The van der Waals surface area contributed by atoms with Gasteiger partial charge in [0, 0.05) is 23.3 Å². The van der Waals surface area contributed by atoms with E-state index in [9.17, 15) is 14.4 Å². The number of thiazole rings is 1. The summed E-state index contributed by atoms with van der Waals surface area (Å²) in [4.78, 5) is 47.6. The number of aliphatic hydroxyl groups is 1. The first-order chi connectivity index (χ1) is 13.6. The molecule has 0 spiro atoms. The van der Waals surface area contributed by atoms with Gasteiger partial charge in [-0.3, -0.25) is 10.1 Å². The van der Waals surface area contributed by atoms with Gasteiger partial charge in [0.05, 0.1) is 13.7 Å². The van der Waals surface area contributed by atoms with E-state index in [-0.39, 0.29) is 11.6 Å². The van der Waals surface area contributed by atoms with Crippen LogP contribution in [0.25, 0.3) is 10.6 Å². The van der Waals surface area contributed by atoms with Crippen molar-refractivity contribution in [3.05, 3.63) is 23.5 Å². The van der Waals surface area contributed by atoms with Crippen LogP contribution < -0.4 is 10.6 Å². The van der Waals surface area contributed by atoms with E-state index in [1.54, 1.807) is 20.8 Å². The number of aromatic nitrogens is 3. The van der Waals surface area contributed by atoms with Crippen molar-refractivity contribution in [1.82, 2.24) is 20.3 Å². The third kappa shape index (κ3) is 6.47. The van der Waals surface area contributed by atoms with Gasteiger partial charge < -0.3 is 19.9 Å². The number of nitrogens with one attached hydrogen (secondary N) is 2. The second-order valence-electron chi connectivity index (χ2n) is 6.69. The minimum absolute atomic E-state index is 0.0568. The Morgan fingerprint density at radius 3 is 2.45 bits per heavy atom. The van der Waals surface area contributed by atoms with E-state index in [1.165, 1.54) is 17.8 Å². The Balaban J connectivity index is 2.04. The van der Waals surface area contributed by atoms with Crippen LogP contribution in [-0.4, -0.2) is 63.4 Å². The Hall–Kier alpha value is -3.12. The summed E-state index contributed by atoms with van der Waals surface area (Å²) >= 11 is 1.16. The van der Waals surface area contributed by atoms with Crippen LogP contribution >= 0.6 is 11.3 Å². The van der Waals surface area contributed by atoms with Crippen LogP contribution in [-0.2, 0) is 14.3 Å². The molecule has 11 nitrogen and oxygen atoms in total. The maximum absolute atomic E-state index is 12.2. The normalized spacial score (nSPS) is 12.0. The van der Waals surface area contributed by atoms with Crippen LogP contribution in [0.5, 0.6) is 0 Å². The van der Waals surface area contributed by atoms with E-state index >= 15 is 0 Å². The lowest BCUT2D eigenvalue weighted by atomic mass is 10.2. The van der Waals surface area contributed by atoms with Gasteiger partial charge in [-0.1, -0.05) is 0 Å². The van der Waals surface area contributed by atoms with Gasteiger partial charge in [-0.05, 0) is 20.8 Å². The standard InChI is InChI=1S/C17H21N5O6S/c1-17(2,3)28-16(26)22-15-18-5-9(6-19-15)13-21-11(8-29-13)12(24)20-10(7-23)14(25)27-4/h5-6,8,10,23H,7H2,1-4H3,(H,20,24)(H,18,19,22,26)/t10-/m0/s1. The molecule has 2 rings (SSSR count). The van der Waals surface area contributed by atoms with E-state index in [0.29, 0.717) is 10.6 Å². The van der Waals surface area contributed by atoms with Gasteiger partial charge in [0.25, 0.3) is 5.91 Å². The molecule has 0 bridgehead atoms. The number of methoxy groups -OCH3 is 1. The van der Waals surface area contributed by atoms with E-state index in [2.05, 4.69) is 30.3 Å². The highest BCUT2D eigenvalue weighted by Crippen LogP contribution is 2.23. The number of rotatable bonds is 6. The number of carbonyl (C=O) groups excluding carboxylic acids is 3. The summed E-state index contributed by atoms with van der Waals surface area (Å²) < 4.78 is 9.61. The lowest BCUT2D eigenvalue weighted by Gasteiger charge is -2.19. The van der Waals surface area contributed by atoms with Crippen molar-refractivity contribution in [2.24, 2.45) is 0 Å². The predicted octanol–water partition coefficient (Wildman–Crippen LogP) is 1.21. The number of esters is 1. The fourth-order valence-electron chi connectivity index (χ4n) is 1.96. The lowest BCUT2D eigenvalue weighted by molar-refractivity contribution is -0.143. The van der Waals surface area contributed by atoms with Crippen molar-refractivity contribution in [1.29, 1.82) is 0 Å². The van der Waals surface area contributed by atoms with Crippen molar-refractivity contribution in [2.75, 3.05) is 19.0 Å². The molecular formula is C17H21N5O6S. The van der Waals surface area contributed by atoms with Gasteiger partial charge in [-0.2, -0.15) is 0 Å². The summed E-state index contributed by atoms with van der Waals surface area (Å²) in [5, 5.41) is 15.9. The number of carbonyl (C=O) groups is 3. The molecule has 0 saturated carbocycles. The Bertz CT molecular complexity index is 877. The summed E-state index contributed by atoms with van der Waals surface area (Å²) in [6.07, 6.45) is 2.19. The van der Waals surface area contributed by atoms with Gasteiger partial charge in [0.15, 0.2) is 6.04 Å². The SMILES string of the molecule is COC(=O)[C@H](CO)NC(=O)c1csc(-c2cnc(NC(=O)OC(C)(C)C)nc2)n1. The molecule has 0 aromatic carbocycles. The Morgan fingerprint density at radius 2 is 1.90 bits per heavy atom. The number of aliphatic hydroxyl groups excluding tert-OH is 1. The third-order valence-corrected chi connectivity index (χ3v) is 4.11. The molecule has 29 heavy (non-hydrogen) atoms. The lowest BCUT2D eigenvalue weighted by Crippen LogP contribution is -2.44. The summed E-state index contributed by atoms with van der Waals surface area (Å²) in [5.41, 5.74) is -0.0658. The van der Waals surface area contributed by atoms with Gasteiger partial charge in [0.2, 0.25) is 5.95 Å². The minimum atomic E-state index is -1.18. The van der Waals surface area contributed by atoms with Crippen LogP contribution in [0, 0.1) is 0 Å². The van der Waals surface area contributed by atoms with Crippen molar-refractivity contribution in [3.63, 3.8) is 0 Å². The zero-order chi connectivity index (χ0) is 21.6. The molecule has 0 unspecified atom stereocenters. The Kier molecular flexibility index (Phi) is 7.18. The largest absolute Gasteiger partial charge is 0.467 e. The van der Waals surface area contributed by atoms with Crippen LogP contribution in [0.4, 0.5) is 10.7 Å². The smallest absolute Gasteiger partial charge is 0.414 e. The molecule has 2 aromatic rings. The van der Waals surface area contributed by atoms with Crippen molar-refractivity contribution < 1.29 is 29.0 Å². The molecular weight excluding hydrogens is 402 g/mol. The monoisotopic (exact) mass is 423 g/mol. The Labute approximate surface area is 170 Å². The van der Waals surface area contributed by atoms with Crippen LogP contribution in [0.15, 0.2) is 17.8 Å². The fraction of sp³-hybridized carbons (Fsp3) is 0.412. The number of anilines is 1. The van der Waals surface area contributed by atoms with Gasteiger partial charge in [0.1, 0.15) is 16.3 Å². The van der Waals surface area contributed by atoms with Crippen molar-refractivity contribution in [2.45, 2.75) is 32.4 Å². The van der Waals surface area contributed by atoms with E-state index in [0.717, 1.165) is 18.4 Å². The zero-order valence-corrected chi connectivity index (χ0v) is 17.1. The predicted molar refractivity (Wildman–Crippen MR) is 103 cm³/mol. The first-order valence-corrected chi connectivity index (χ1v) is 9.28. The molecule has 156 valence electrons. The molecule has 2 heterocycles. The first-order valence-electron chi connectivity index (χ1n) is 8.40. The van der Waals surface area contributed by atoms with Crippen LogP contribution in [0.2, 0.25) is 0 Å². The number of ether oxygens (including phenoxy) is 2. The number of hydrogen-bond acceptors (Lipinski definition) is 10. The van der Waals surface area contributed by atoms with E-state index in [1.807, 2.05) is 0 Å². The summed E-state index contributed by atoms with van der Waals surface area (Å²) in [6, 6.07) is -1.18. The maximum Gasteiger partial charge on any atom is 0.414 e. The molecule has 3 N–H and O–H groups in total. The highest BCUT2D eigenvalue weighted by atomic mass is 32.1. The van der Waals surface area contributed by atoms with Crippen LogP contribution in [0.3, 0.4) is 0 Å². The summed E-state index contributed by atoms with van der Waals surface area (Å²) in [5.74, 6) is -1.35. The quantitative estimate of drug-likeness (QED) is 0.582. The molecule has 0 aliphatic heterocycles. The number of hydrogen-bond donors (Lipinski definition) is 3. The highest BCUT2D eigenvalue weighted by Gasteiger charge is 2.23. The first kappa shape index (κ1) is 22.2. The fourth-order valence-corrected chi connectivity index (χ4v) is 2.74. The van der Waals surface area contributed by atoms with Crippen LogP contribution in [0.1, 0.15) is 31.3 Å². The molecule has 1 atom stereocenters. The van der Waals surface area contributed by atoms with Gasteiger partial charge in [-0.25, -0.2) is 24.5 Å². The molecule has 2 aromatic heterocycles. The summed E-state index contributed by atoms with van der Waals surface area (Å²) in [6.45, 7) is 4.61. The van der Waals surface area contributed by atoms with E-state index < -0.39 is 36.2 Å². The molecule has 12 heteroatoms. The topological polar surface area (TPSA) is 153 Å². The number of amides is 2. The second kappa shape index (κ2) is 9.39. The Morgan fingerprint density at radius 1 is 1.24 bits per heavy atom. The van der Waals surface area contributed by atoms with Crippen molar-refractivity contribution >= 4 is 35.3 Å². The molecule has 0 fully saturated rings.